The SMILES string of the molecule is Nc1ccc(Cc2c(OC3OC(C(=O)OC4OC(C(=O)O)C(O)(O)C(O)C4O)C(O)C(O)C3O)cc3oc(-c4ccc(O)c(O)c4)cc(=O)c3c2O)cn1. The molecular formula is C33H32N2O19. The second kappa shape index (κ2) is 14.3. The third-order valence-electron chi connectivity index (χ3n) is 8.74. The highest BCUT2D eigenvalue weighted by atomic mass is 16.8. The number of fused-ring (bicyclic) bond motifs is 1. The average Bonchev–Trinajstić information content (AvgIpc) is 3.11. The van der Waals surface area contributed by atoms with Gasteiger partial charge in [-0.15, -0.1) is 0 Å². The second-order valence-corrected chi connectivity index (χ2v) is 12.4. The summed E-state index contributed by atoms with van der Waals surface area (Å²) in [6, 6.07) is 8.63. The molecule has 2 aliphatic rings. The van der Waals surface area contributed by atoms with Gasteiger partial charge in [0, 0.05) is 35.9 Å². The number of ether oxygens (including phenoxy) is 4. The lowest BCUT2D eigenvalue weighted by Crippen LogP contribution is -2.69. The highest BCUT2D eigenvalue weighted by Crippen LogP contribution is 2.40. The summed E-state index contributed by atoms with van der Waals surface area (Å²) in [7, 11) is 0. The quantitative estimate of drug-likeness (QED) is 0.0486. The van der Waals surface area contributed by atoms with Gasteiger partial charge in [0.1, 0.15) is 64.6 Å². The summed E-state index contributed by atoms with van der Waals surface area (Å²) in [5.41, 5.74) is 4.99. The number of phenolic OH excluding ortho intramolecular Hbond substituents is 3. The van der Waals surface area contributed by atoms with Crippen LogP contribution in [0.25, 0.3) is 22.3 Å². The Morgan fingerprint density at radius 3 is 2.24 bits per heavy atom. The molecule has 9 atom stereocenters. The van der Waals surface area contributed by atoms with Gasteiger partial charge in [-0.05, 0) is 29.8 Å². The number of pyridine rings is 1. The molecule has 0 bridgehead atoms. The molecule has 4 aromatic rings. The number of aliphatic hydroxyl groups excluding tert-OH is 5. The van der Waals surface area contributed by atoms with Crippen LogP contribution in [0.3, 0.4) is 0 Å². The van der Waals surface area contributed by atoms with Gasteiger partial charge in [0.25, 0.3) is 0 Å². The molecule has 0 radical (unpaired) electrons. The summed E-state index contributed by atoms with van der Waals surface area (Å²) in [5, 5.41) is 113. The van der Waals surface area contributed by atoms with Crippen LogP contribution in [0, 0.1) is 0 Å². The lowest BCUT2D eigenvalue weighted by molar-refractivity contribution is -0.372. The first kappa shape index (κ1) is 38.1. The highest BCUT2D eigenvalue weighted by molar-refractivity contribution is 5.88. The molecule has 2 aliphatic heterocycles. The van der Waals surface area contributed by atoms with Gasteiger partial charge in [-0.1, -0.05) is 6.07 Å². The van der Waals surface area contributed by atoms with Gasteiger partial charge in [-0.25, -0.2) is 14.6 Å². The van der Waals surface area contributed by atoms with E-state index in [-0.39, 0.29) is 45.8 Å². The largest absolute Gasteiger partial charge is 0.507 e. The van der Waals surface area contributed by atoms with Gasteiger partial charge in [-0.2, -0.15) is 0 Å². The topological polar surface area (TPSA) is 363 Å². The maximum absolute atomic E-state index is 13.4. The molecule has 2 aromatic heterocycles. The van der Waals surface area contributed by atoms with Crippen molar-refractivity contribution >= 4 is 28.7 Å². The van der Waals surface area contributed by atoms with E-state index in [1.807, 2.05) is 0 Å². The number of nitrogens with two attached hydrogens (primary N) is 1. The Hall–Kier alpha value is -5.62. The van der Waals surface area contributed by atoms with Crippen molar-refractivity contribution in [1.82, 2.24) is 4.98 Å². The van der Waals surface area contributed by atoms with Crippen molar-refractivity contribution in [2.75, 3.05) is 5.73 Å². The number of hydrogen-bond donors (Lipinski definition) is 12. The number of aromatic hydroxyl groups is 3. The van der Waals surface area contributed by atoms with E-state index < -0.39 is 95.7 Å². The van der Waals surface area contributed by atoms with Crippen LogP contribution >= 0.6 is 0 Å². The number of phenols is 3. The number of nitrogens with zero attached hydrogens (tertiary/aromatic N) is 1. The molecule has 4 heterocycles. The fraction of sp³-hybridized carbons (Fsp3) is 0.333. The molecular weight excluding hydrogens is 728 g/mol. The van der Waals surface area contributed by atoms with Gasteiger partial charge in [0.15, 0.2) is 23.0 Å². The number of benzene rings is 2. The minimum absolute atomic E-state index is 0.130. The summed E-state index contributed by atoms with van der Waals surface area (Å²) in [6.45, 7) is 0. The van der Waals surface area contributed by atoms with Crippen molar-refractivity contribution in [2.24, 2.45) is 0 Å². The van der Waals surface area contributed by atoms with Crippen LogP contribution in [0.2, 0.25) is 0 Å². The molecule has 0 saturated carbocycles. The molecule has 6 rings (SSSR count). The number of carboxylic acids is 1. The van der Waals surface area contributed by atoms with Gasteiger partial charge < -0.3 is 85.3 Å². The first-order valence-electron chi connectivity index (χ1n) is 15.7. The molecule has 2 aromatic carbocycles. The van der Waals surface area contributed by atoms with Crippen LogP contribution in [0.5, 0.6) is 23.0 Å². The first-order chi connectivity index (χ1) is 25.4. The van der Waals surface area contributed by atoms with Crippen LogP contribution < -0.4 is 15.9 Å². The zero-order valence-corrected chi connectivity index (χ0v) is 27.2. The maximum atomic E-state index is 13.4. The lowest BCUT2D eigenvalue weighted by atomic mass is 9.94. The van der Waals surface area contributed by atoms with Crippen LogP contribution in [0.15, 0.2) is 57.9 Å². The van der Waals surface area contributed by atoms with E-state index in [0.717, 1.165) is 24.3 Å². The zero-order chi connectivity index (χ0) is 39.4. The van der Waals surface area contributed by atoms with E-state index in [4.69, 9.17) is 29.1 Å². The monoisotopic (exact) mass is 760 g/mol. The Balaban J connectivity index is 1.36. The smallest absolute Gasteiger partial charge is 0.340 e. The van der Waals surface area contributed by atoms with Gasteiger partial charge in [-0.3, -0.25) is 4.79 Å². The number of aliphatic hydroxyl groups is 7. The number of nitrogen functional groups attached to an aromatic ring is 1. The number of hydrogen-bond acceptors (Lipinski definition) is 20. The molecule has 21 nitrogen and oxygen atoms in total. The van der Waals surface area contributed by atoms with Crippen LogP contribution in [0.1, 0.15) is 11.1 Å². The van der Waals surface area contributed by atoms with E-state index in [9.17, 15) is 70.6 Å². The Bertz CT molecular complexity index is 2140. The van der Waals surface area contributed by atoms with Crippen LogP contribution in [0.4, 0.5) is 5.82 Å². The molecule has 13 N–H and O–H groups in total. The normalized spacial score (nSPS) is 28.0. The molecule has 2 fully saturated rings. The van der Waals surface area contributed by atoms with Crippen molar-refractivity contribution in [3.63, 3.8) is 0 Å². The molecule has 2 saturated heterocycles. The predicted octanol–water partition coefficient (Wildman–Crippen LogP) is -2.91. The summed E-state index contributed by atoms with van der Waals surface area (Å²) < 4.78 is 26.8. The fourth-order valence-corrected chi connectivity index (χ4v) is 5.81. The van der Waals surface area contributed by atoms with Crippen molar-refractivity contribution < 1.29 is 89.1 Å². The number of anilines is 1. The number of aliphatic carboxylic acids is 1. The maximum Gasteiger partial charge on any atom is 0.340 e. The van der Waals surface area contributed by atoms with E-state index in [1.54, 1.807) is 0 Å². The minimum atomic E-state index is -3.54. The first-order valence-corrected chi connectivity index (χ1v) is 15.7. The van der Waals surface area contributed by atoms with Gasteiger partial charge >= 0.3 is 11.9 Å². The lowest BCUT2D eigenvalue weighted by Gasteiger charge is -2.43. The Kier molecular flexibility index (Phi) is 10.1. The van der Waals surface area contributed by atoms with E-state index >= 15 is 0 Å². The Morgan fingerprint density at radius 1 is 0.870 bits per heavy atom. The second-order valence-electron chi connectivity index (χ2n) is 12.4. The molecule has 288 valence electrons. The average molecular weight is 761 g/mol. The fourth-order valence-electron chi connectivity index (χ4n) is 5.81. The van der Waals surface area contributed by atoms with Crippen molar-refractivity contribution in [3.05, 3.63) is 70.0 Å². The number of carbonyl (C=O) groups excluding carboxylic acids is 1. The molecule has 21 heteroatoms. The molecule has 9 unspecified atom stereocenters. The third-order valence-corrected chi connectivity index (χ3v) is 8.74. The number of aromatic nitrogens is 1. The van der Waals surface area contributed by atoms with Crippen LogP contribution in [-0.2, 0) is 30.2 Å². The predicted molar refractivity (Wildman–Crippen MR) is 173 cm³/mol. The van der Waals surface area contributed by atoms with E-state index in [0.29, 0.717) is 5.56 Å². The summed E-state index contributed by atoms with van der Waals surface area (Å²) in [5.74, 6) is -9.31. The number of esters is 1. The number of rotatable bonds is 8. The molecule has 0 spiro atoms. The van der Waals surface area contributed by atoms with Gasteiger partial charge in [0.05, 0.1) is 0 Å². The molecule has 54 heavy (non-hydrogen) atoms. The standard InChI is InChI=1S/C33H32N2O19/c34-19-4-1-10(9-35-19)5-12-17(8-18-20(21(12)39)15(38)7-16(50-18)11-2-3-13(36)14(37)6-11)51-31-24(42)22(40)23(41)26(52-31)30(47)54-32-25(43)27(44)33(48,49)28(53-32)29(45)46/h1-4,6-9,22-28,31-32,36-37,39-44,48-49H,5H2,(H2,34,35)(H,45,46). The van der Waals surface area contributed by atoms with Crippen molar-refractivity contribution in [2.45, 2.75) is 67.5 Å². The minimum Gasteiger partial charge on any atom is -0.507 e. The summed E-state index contributed by atoms with van der Waals surface area (Å²) in [4.78, 5) is 42.1. The summed E-state index contributed by atoms with van der Waals surface area (Å²) in [6.07, 6.45) is -20.1. The van der Waals surface area contributed by atoms with Crippen molar-refractivity contribution in [1.29, 1.82) is 0 Å². The van der Waals surface area contributed by atoms with E-state index in [1.165, 1.54) is 24.4 Å². The zero-order valence-electron chi connectivity index (χ0n) is 27.2. The van der Waals surface area contributed by atoms with Gasteiger partial charge in [0.2, 0.25) is 24.5 Å². The molecule has 0 aliphatic carbocycles. The highest BCUT2D eigenvalue weighted by Gasteiger charge is 2.59. The van der Waals surface area contributed by atoms with Crippen molar-refractivity contribution in [3.8, 4) is 34.3 Å². The number of carbonyl (C=O) groups is 2. The Labute approximate surface area is 300 Å². The number of carboxylic acid groups (broad SMARTS) is 1. The summed E-state index contributed by atoms with van der Waals surface area (Å²) >= 11 is 0. The molecule has 0 amide bonds. The Morgan fingerprint density at radius 2 is 1.59 bits per heavy atom. The third kappa shape index (κ3) is 6.93. The van der Waals surface area contributed by atoms with E-state index in [2.05, 4.69) is 4.98 Å². The van der Waals surface area contributed by atoms with Crippen LogP contribution in [-0.4, -0.2) is 134 Å².